The van der Waals surface area contributed by atoms with Crippen molar-refractivity contribution >= 4 is 5.97 Å². The first-order chi connectivity index (χ1) is 9.76. The van der Waals surface area contributed by atoms with E-state index in [0.717, 1.165) is 18.7 Å². The monoisotopic (exact) mass is 275 g/mol. The number of rotatable bonds is 8. The van der Waals surface area contributed by atoms with Crippen LogP contribution in [0.1, 0.15) is 44.1 Å². The van der Waals surface area contributed by atoms with Gasteiger partial charge >= 0.3 is 5.97 Å². The van der Waals surface area contributed by atoms with Crippen LogP contribution >= 0.6 is 0 Å². The van der Waals surface area contributed by atoms with Crippen LogP contribution < -0.4 is 0 Å². The molecule has 1 aromatic carbocycles. The third-order valence-electron chi connectivity index (χ3n) is 3.97. The molecule has 0 amide bonds. The number of unbranched alkanes of at least 4 members (excludes halogenated alkanes) is 1. The van der Waals surface area contributed by atoms with Crippen molar-refractivity contribution in [1.82, 2.24) is 4.90 Å². The van der Waals surface area contributed by atoms with Gasteiger partial charge in [-0.25, -0.2) is 0 Å². The molecule has 110 valence electrons. The second kappa shape index (κ2) is 7.44. The second-order valence-electron chi connectivity index (χ2n) is 5.57. The number of hydrogen-bond acceptors (Lipinski definition) is 3. The summed E-state index contributed by atoms with van der Waals surface area (Å²) in [6.45, 7) is 4.07. The van der Waals surface area contributed by atoms with Crippen molar-refractivity contribution in [1.29, 1.82) is 0 Å². The first-order valence-electron chi connectivity index (χ1n) is 7.63. The Morgan fingerprint density at radius 3 is 2.60 bits per heavy atom. The zero-order valence-electron chi connectivity index (χ0n) is 12.5. The highest BCUT2D eigenvalue weighted by Crippen LogP contribution is 2.30. The molecule has 1 aliphatic carbocycles. The lowest BCUT2D eigenvalue weighted by atomic mass is 9.98. The smallest absolute Gasteiger partial charge is 0.314 e. The molecule has 1 aliphatic rings. The van der Waals surface area contributed by atoms with Crippen molar-refractivity contribution in [3.63, 3.8) is 0 Å². The van der Waals surface area contributed by atoms with Crippen LogP contribution in [0.25, 0.3) is 0 Å². The quantitative estimate of drug-likeness (QED) is 0.682. The maximum Gasteiger partial charge on any atom is 0.314 e. The van der Waals surface area contributed by atoms with E-state index in [9.17, 15) is 4.79 Å². The summed E-state index contributed by atoms with van der Waals surface area (Å²) in [6.07, 6.45) is 4.93. The van der Waals surface area contributed by atoms with E-state index in [4.69, 9.17) is 4.74 Å². The fourth-order valence-electron chi connectivity index (χ4n) is 2.60. The van der Waals surface area contributed by atoms with E-state index in [1.807, 2.05) is 30.3 Å². The lowest BCUT2D eigenvalue weighted by Crippen LogP contribution is -2.35. The SMILES string of the molecule is CCCCN(CC(C(=O)OC)c1ccccc1)C1CC1. The number of nitrogens with zero attached hydrogens (tertiary/aromatic N) is 1. The summed E-state index contributed by atoms with van der Waals surface area (Å²) in [5.74, 6) is -0.294. The van der Waals surface area contributed by atoms with Crippen LogP contribution in [0.4, 0.5) is 0 Å². The number of methoxy groups -OCH3 is 1. The number of hydrogen-bond donors (Lipinski definition) is 0. The van der Waals surface area contributed by atoms with Crippen LogP contribution in [-0.2, 0) is 9.53 Å². The second-order valence-corrected chi connectivity index (χ2v) is 5.57. The minimum atomic E-state index is -0.168. The molecule has 0 saturated heterocycles. The van der Waals surface area contributed by atoms with E-state index in [0.29, 0.717) is 6.04 Å². The van der Waals surface area contributed by atoms with Crippen LogP contribution in [0.2, 0.25) is 0 Å². The van der Waals surface area contributed by atoms with Gasteiger partial charge in [-0.3, -0.25) is 9.69 Å². The van der Waals surface area contributed by atoms with E-state index >= 15 is 0 Å². The first-order valence-corrected chi connectivity index (χ1v) is 7.63. The molecule has 20 heavy (non-hydrogen) atoms. The van der Waals surface area contributed by atoms with Gasteiger partial charge in [-0.2, -0.15) is 0 Å². The molecule has 3 heteroatoms. The number of carbonyl (C=O) groups is 1. The Hall–Kier alpha value is -1.35. The van der Waals surface area contributed by atoms with Crippen LogP contribution in [0.15, 0.2) is 30.3 Å². The van der Waals surface area contributed by atoms with E-state index in [1.165, 1.54) is 32.8 Å². The van der Waals surface area contributed by atoms with Crippen LogP contribution in [0.3, 0.4) is 0 Å². The van der Waals surface area contributed by atoms with Crippen molar-refractivity contribution in [3.05, 3.63) is 35.9 Å². The molecule has 1 fully saturated rings. The predicted molar refractivity (Wildman–Crippen MR) is 80.7 cm³/mol. The minimum absolute atomic E-state index is 0.127. The Morgan fingerprint density at radius 2 is 2.05 bits per heavy atom. The molecule has 0 aromatic heterocycles. The van der Waals surface area contributed by atoms with Gasteiger partial charge in [-0.1, -0.05) is 43.7 Å². The third-order valence-corrected chi connectivity index (χ3v) is 3.97. The van der Waals surface area contributed by atoms with Crippen molar-refractivity contribution in [2.24, 2.45) is 0 Å². The Morgan fingerprint density at radius 1 is 1.35 bits per heavy atom. The molecule has 1 unspecified atom stereocenters. The maximum absolute atomic E-state index is 12.1. The van der Waals surface area contributed by atoms with Crippen molar-refractivity contribution in [2.45, 2.75) is 44.6 Å². The number of ether oxygens (including phenoxy) is 1. The summed E-state index contributed by atoms with van der Waals surface area (Å²) in [5.41, 5.74) is 1.06. The molecular weight excluding hydrogens is 250 g/mol. The molecule has 0 spiro atoms. The highest BCUT2D eigenvalue weighted by molar-refractivity contribution is 5.78. The van der Waals surface area contributed by atoms with Crippen LogP contribution in [0, 0.1) is 0 Å². The summed E-state index contributed by atoms with van der Waals surface area (Å²) >= 11 is 0. The molecule has 0 radical (unpaired) electrons. The zero-order valence-corrected chi connectivity index (χ0v) is 12.5. The fraction of sp³-hybridized carbons (Fsp3) is 0.588. The summed E-state index contributed by atoms with van der Waals surface area (Å²) in [7, 11) is 1.48. The van der Waals surface area contributed by atoms with Gasteiger partial charge in [0.15, 0.2) is 0 Å². The average molecular weight is 275 g/mol. The van der Waals surface area contributed by atoms with E-state index < -0.39 is 0 Å². The first kappa shape index (κ1) is 15.0. The molecule has 0 heterocycles. The summed E-state index contributed by atoms with van der Waals surface area (Å²) in [6, 6.07) is 10.7. The Labute approximate surface area is 121 Å². The molecular formula is C17H25NO2. The highest BCUT2D eigenvalue weighted by atomic mass is 16.5. The average Bonchev–Trinajstić information content (AvgIpc) is 3.32. The lowest BCUT2D eigenvalue weighted by Gasteiger charge is -2.26. The van der Waals surface area contributed by atoms with Gasteiger partial charge in [-0.05, 0) is 31.4 Å². The van der Waals surface area contributed by atoms with E-state index in [1.54, 1.807) is 0 Å². The van der Waals surface area contributed by atoms with Crippen molar-refractivity contribution in [2.75, 3.05) is 20.2 Å². The molecule has 1 saturated carbocycles. The Balaban J connectivity index is 2.08. The van der Waals surface area contributed by atoms with E-state index in [2.05, 4.69) is 11.8 Å². The number of esters is 1. The van der Waals surface area contributed by atoms with E-state index in [-0.39, 0.29) is 11.9 Å². The molecule has 2 rings (SSSR count). The highest BCUT2D eigenvalue weighted by Gasteiger charge is 2.32. The van der Waals surface area contributed by atoms with Gasteiger partial charge in [0, 0.05) is 12.6 Å². The summed E-state index contributed by atoms with van der Waals surface area (Å²) in [5, 5.41) is 0. The molecule has 0 N–H and O–H groups in total. The topological polar surface area (TPSA) is 29.5 Å². The van der Waals surface area contributed by atoms with Crippen LogP contribution in [0.5, 0.6) is 0 Å². The van der Waals surface area contributed by atoms with Crippen molar-refractivity contribution < 1.29 is 9.53 Å². The number of carbonyl (C=O) groups excluding carboxylic acids is 1. The van der Waals surface area contributed by atoms with Gasteiger partial charge in [-0.15, -0.1) is 0 Å². The van der Waals surface area contributed by atoms with Gasteiger partial charge in [0.05, 0.1) is 13.0 Å². The molecule has 1 atom stereocenters. The van der Waals surface area contributed by atoms with Crippen molar-refractivity contribution in [3.8, 4) is 0 Å². The van der Waals surface area contributed by atoms with Gasteiger partial charge < -0.3 is 4.74 Å². The number of benzene rings is 1. The molecule has 0 aliphatic heterocycles. The van der Waals surface area contributed by atoms with Gasteiger partial charge in [0.1, 0.15) is 0 Å². The van der Waals surface area contributed by atoms with Gasteiger partial charge in [0.25, 0.3) is 0 Å². The maximum atomic E-state index is 12.1. The third kappa shape index (κ3) is 4.07. The standard InChI is InChI=1S/C17H25NO2/c1-3-4-12-18(15-10-11-15)13-16(17(19)20-2)14-8-6-5-7-9-14/h5-9,15-16H,3-4,10-13H2,1-2H3. The molecule has 1 aromatic rings. The normalized spacial score (nSPS) is 16.1. The Bertz CT molecular complexity index is 414. The molecule has 3 nitrogen and oxygen atoms in total. The Kier molecular flexibility index (Phi) is 5.60. The largest absolute Gasteiger partial charge is 0.469 e. The van der Waals surface area contributed by atoms with Crippen LogP contribution in [-0.4, -0.2) is 37.1 Å². The van der Waals surface area contributed by atoms with Gasteiger partial charge in [0.2, 0.25) is 0 Å². The summed E-state index contributed by atoms with van der Waals surface area (Å²) < 4.78 is 5.01. The zero-order chi connectivity index (χ0) is 14.4. The molecule has 0 bridgehead atoms. The lowest BCUT2D eigenvalue weighted by molar-refractivity contribution is -0.143. The minimum Gasteiger partial charge on any atom is -0.469 e. The summed E-state index contributed by atoms with van der Waals surface area (Å²) in [4.78, 5) is 14.6. The fourth-order valence-corrected chi connectivity index (χ4v) is 2.60. The predicted octanol–water partition coefficient (Wildman–Crippen LogP) is 3.21.